The van der Waals surface area contributed by atoms with Crippen LogP contribution in [0.1, 0.15) is 15.9 Å². The van der Waals surface area contributed by atoms with Crippen LogP contribution in [0.25, 0.3) is 6.08 Å². The number of carbonyl (C=O) groups excluding carboxylic acids is 2. The van der Waals surface area contributed by atoms with Crippen molar-refractivity contribution in [1.82, 2.24) is 4.90 Å². The fraction of sp³-hybridized carbons (Fsp3) is 0.185. The molecule has 5 rings (SSSR count). The van der Waals surface area contributed by atoms with E-state index in [2.05, 4.69) is 10.2 Å². The molecule has 3 aromatic rings. The van der Waals surface area contributed by atoms with E-state index in [1.165, 1.54) is 0 Å². The number of methoxy groups -OCH3 is 1. The van der Waals surface area contributed by atoms with E-state index in [9.17, 15) is 9.59 Å². The van der Waals surface area contributed by atoms with Crippen LogP contribution in [0.15, 0.2) is 72.5 Å². The zero-order valence-corrected chi connectivity index (χ0v) is 19.9. The number of fused-ring (bicyclic) bond motifs is 1. The number of nitrogens with zero attached hydrogens (tertiary/aromatic N) is 2. The van der Waals surface area contributed by atoms with Gasteiger partial charge in [0.15, 0.2) is 11.5 Å². The number of rotatable bonds is 4. The van der Waals surface area contributed by atoms with Gasteiger partial charge >= 0.3 is 0 Å². The third kappa shape index (κ3) is 4.95. The Kier molecular flexibility index (Phi) is 6.33. The first kappa shape index (κ1) is 22.8. The van der Waals surface area contributed by atoms with Crippen LogP contribution < -0.4 is 19.7 Å². The molecule has 0 atom stereocenters. The average molecular weight is 490 g/mol. The minimum atomic E-state index is -0.381. The number of carbonyl (C=O) groups is 2. The molecule has 0 radical (unpaired) electrons. The summed E-state index contributed by atoms with van der Waals surface area (Å²) in [5, 5.41) is 3.40. The SMILES string of the molecule is COc1cccc(N2CCN(C(=O)c3ccc4c(c3)NC(=O)C(=Cc3cccc(Cl)c3)O4)CC2)c1. The van der Waals surface area contributed by atoms with Gasteiger partial charge in [0.25, 0.3) is 11.8 Å². The zero-order chi connectivity index (χ0) is 24.4. The van der Waals surface area contributed by atoms with Crippen molar-refractivity contribution < 1.29 is 19.1 Å². The van der Waals surface area contributed by atoms with Crippen molar-refractivity contribution in [1.29, 1.82) is 0 Å². The molecule has 1 saturated heterocycles. The molecule has 8 heteroatoms. The highest BCUT2D eigenvalue weighted by atomic mass is 35.5. The molecule has 2 aliphatic rings. The van der Waals surface area contributed by atoms with E-state index in [1.54, 1.807) is 49.6 Å². The Bertz CT molecular complexity index is 1320. The van der Waals surface area contributed by atoms with Gasteiger partial charge in [0, 0.05) is 48.5 Å². The summed E-state index contributed by atoms with van der Waals surface area (Å²) in [5.41, 5.74) is 2.81. The van der Waals surface area contributed by atoms with E-state index in [-0.39, 0.29) is 17.6 Å². The topological polar surface area (TPSA) is 71.1 Å². The molecule has 1 N–H and O–H groups in total. The lowest BCUT2D eigenvalue weighted by atomic mass is 10.1. The van der Waals surface area contributed by atoms with Crippen molar-refractivity contribution in [3.8, 4) is 11.5 Å². The van der Waals surface area contributed by atoms with Crippen LogP contribution in [-0.2, 0) is 4.79 Å². The molecule has 0 aliphatic carbocycles. The minimum Gasteiger partial charge on any atom is -0.497 e. The number of benzene rings is 3. The summed E-state index contributed by atoms with van der Waals surface area (Å²) >= 11 is 6.03. The molecule has 2 heterocycles. The number of halogens is 1. The van der Waals surface area contributed by atoms with E-state index in [0.717, 1.165) is 30.1 Å². The lowest BCUT2D eigenvalue weighted by molar-refractivity contribution is -0.115. The average Bonchev–Trinajstić information content (AvgIpc) is 2.88. The number of nitrogens with one attached hydrogen (secondary N) is 1. The molecule has 0 bridgehead atoms. The summed E-state index contributed by atoms with van der Waals surface area (Å²) in [6, 6.07) is 20.2. The molecular formula is C27H24ClN3O4. The van der Waals surface area contributed by atoms with Crippen molar-refractivity contribution in [2.75, 3.05) is 43.5 Å². The standard InChI is InChI=1S/C27H24ClN3O4/c1-34-22-7-3-6-21(17-22)30-10-12-31(13-11-30)27(33)19-8-9-24-23(16-19)29-26(32)25(35-24)15-18-4-2-5-20(28)14-18/h2-9,14-17H,10-13H2,1H3,(H,29,32). The Balaban J connectivity index is 1.26. The maximum absolute atomic E-state index is 13.2. The Morgan fingerprint density at radius 2 is 1.83 bits per heavy atom. The second kappa shape index (κ2) is 9.72. The van der Waals surface area contributed by atoms with Gasteiger partial charge in [-0.15, -0.1) is 0 Å². The highest BCUT2D eigenvalue weighted by molar-refractivity contribution is 6.30. The Morgan fingerprint density at radius 1 is 1.03 bits per heavy atom. The van der Waals surface area contributed by atoms with Gasteiger partial charge in [0.1, 0.15) is 5.75 Å². The van der Waals surface area contributed by atoms with E-state index in [4.69, 9.17) is 21.1 Å². The predicted octanol–water partition coefficient (Wildman–Crippen LogP) is 4.68. The second-order valence-corrected chi connectivity index (χ2v) is 8.75. The van der Waals surface area contributed by atoms with Crippen LogP contribution in [0.5, 0.6) is 11.5 Å². The third-order valence-electron chi connectivity index (χ3n) is 6.05. The van der Waals surface area contributed by atoms with Crippen LogP contribution >= 0.6 is 11.6 Å². The quantitative estimate of drug-likeness (QED) is 0.539. The zero-order valence-electron chi connectivity index (χ0n) is 19.2. The van der Waals surface area contributed by atoms with Crippen molar-refractivity contribution in [2.24, 2.45) is 0 Å². The smallest absolute Gasteiger partial charge is 0.291 e. The first-order valence-electron chi connectivity index (χ1n) is 11.3. The van der Waals surface area contributed by atoms with Gasteiger partial charge in [-0.2, -0.15) is 0 Å². The molecule has 178 valence electrons. The molecule has 7 nitrogen and oxygen atoms in total. The molecular weight excluding hydrogens is 466 g/mol. The van der Waals surface area contributed by atoms with Crippen LogP contribution in [0.2, 0.25) is 5.02 Å². The maximum Gasteiger partial charge on any atom is 0.291 e. The first-order valence-corrected chi connectivity index (χ1v) is 11.7. The van der Waals surface area contributed by atoms with Gasteiger partial charge < -0.3 is 24.6 Å². The molecule has 2 aliphatic heterocycles. The molecule has 2 amide bonds. The minimum absolute atomic E-state index is 0.0763. The number of anilines is 2. The fourth-order valence-electron chi connectivity index (χ4n) is 4.20. The normalized spacial score (nSPS) is 16.4. The molecule has 0 unspecified atom stereocenters. The maximum atomic E-state index is 13.2. The Morgan fingerprint density at radius 3 is 2.60 bits per heavy atom. The molecule has 35 heavy (non-hydrogen) atoms. The summed E-state index contributed by atoms with van der Waals surface area (Å²) in [5.74, 6) is 0.997. The van der Waals surface area contributed by atoms with Crippen LogP contribution in [0, 0.1) is 0 Å². The van der Waals surface area contributed by atoms with Crippen molar-refractivity contribution in [3.05, 3.63) is 88.6 Å². The van der Waals surface area contributed by atoms with E-state index in [0.29, 0.717) is 35.1 Å². The third-order valence-corrected chi connectivity index (χ3v) is 6.29. The summed E-state index contributed by atoms with van der Waals surface area (Å²) in [4.78, 5) is 29.8. The van der Waals surface area contributed by atoms with Crippen molar-refractivity contribution >= 4 is 40.9 Å². The molecule has 1 fully saturated rings. The Labute approximate surface area is 208 Å². The van der Waals surface area contributed by atoms with E-state index in [1.807, 2.05) is 35.2 Å². The van der Waals surface area contributed by atoms with Gasteiger partial charge in [-0.3, -0.25) is 9.59 Å². The highest BCUT2D eigenvalue weighted by Crippen LogP contribution is 2.33. The van der Waals surface area contributed by atoms with Crippen LogP contribution in [0.4, 0.5) is 11.4 Å². The molecule has 0 aromatic heterocycles. The van der Waals surface area contributed by atoms with Gasteiger partial charge in [-0.25, -0.2) is 0 Å². The van der Waals surface area contributed by atoms with Crippen LogP contribution in [-0.4, -0.2) is 50.0 Å². The lowest BCUT2D eigenvalue weighted by Crippen LogP contribution is -2.48. The molecule has 0 saturated carbocycles. The second-order valence-electron chi connectivity index (χ2n) is 8.31. The number of ether oxygens (including phenoxy) is 2. The lowest BCUT2D eigenvalue weighted by Gasteiger charge is -2.36. The van der Waals surface area contributed by atoms with Gasteiger partial charge in [-0.05, 0) is 54.1 Å². The summed E-state index contributed by atoms with van der Waals surface area (Å²) in [6.07, 6.45) is 1.63. The molecule has 3 aromatic carbocycles. The summed E-state index contributed by atoms with van der Waals surface area (Å²) < 4.78 is 11.1. The van der Waals surface area contributed by atoms with E-state index >= 15 is 0 Å². The number of hydrogen-bond donors (Lipinski definition) is 1. The fourth-order valence-corrected chi connectivity index (χ4v) is 4.40. The number of amides is 2. The largest absolute Gasteiger partial charge is 0.497 e. The van der Waals surface area contributed by atoms with Gasteiger partial charge in [0.05, 0.1) is 12.8 Å². The molecule has 0 spiro atoms. The number of hydrogen-bond acceptors (Lipinski definition) is 5. The van der Waals surface area contributed by atoms with Crippen molar-refractivity contribution in [3.63, 3.8) is 0 Å². The summed E-state index contributed by atoms with van der Waals surface area (Å²) in [7, 11) is 1.65. The number of piperazine rings is 1. The van der Waals surface area contributed by atoms with E-state index < -0.39 is 0 Å². The van der Waals surface area contributed by atoms with Gasteiger partial charge in [0.2, 0.25) is 0 Å². The summed E-state index contributed by atoms with van der Waals surface area (Å²) in [6.45, 7) is 2.65. The van der Waals surface area contributed by atoms with Crippen LogP contribution in [0.3, 0.4) is 0 Å². The Hall–Kier alpha value is -3.97. The monoisotopic (exact) mass is 489 g/mol. The van der Waals surface area contributed by atoms with Gasteiger partial charge in [-0.1, -0.05) is 29.8 Å². The highest BCUT2D eigenvalue weighted by Gasteiger charge is 2.26. The first-order chi connectivity index (χ1) is 17.0. The predicted molar refractivity (Wildman–Crippen MR) is 136 cm³/mol. The van der Waals surface area contributed by atoms with Crippen molar-refractivity contribution in [2.45, 2.75) is 0 Å².